The maximum atomic E-state index is 12.5. The van der Waals surface area contributed by atoms with E-state index < -0.39 is 5.41 Å². The number of esters is 1. The van der Waals surface area contributed by atoms with E-state index in [1.807, 2.05) is 13.8 Å². The van der Waals surface area contributed by atoms with E-state index in [9.17, 15) is 9.59 Å². The van der Waals surface area contributed by atoms with Crippen LogP contribution < -0.4 is 0 Å². The third-order valence-electron chi connectivity index (χ3n) is 5.51. The first-order valence-electron chi connectivity index (χ1n) is 6.85. The molecule has 0 aromatic carbocycles. The minimum Gasteiger partial charge on any atom is -0.466 e. The summed E-state index contributed by atoms with van der Waals surface area (Å²) in [6, 6.07) is 0. The molecule has 3 aliphatic carbocycles. The third kappa shape index (κ3) is 1.04. The van der Waals surface area contributed by atoms with E-state index in [-0.39, 0.29) is 23.2 Å². The minimum atomic E-state index is -0.421. The molecule has 0 aliphatic heterocycles. The van der Waals surface area contributed by atoms with Crippen LogP contribution >= 0.6 is 0 Å². The van der Waals surface area contributed by atoms with Crippen LogP contribution in [0.15, 0.2) is 0 Å². The highest BCUT2D eigenvalue weighted by atomic mass is 16.5. The molecule has 0 aromatic heterocycles. The summed E-state index contributed by atoms with van der Waals surface area (Å²) in [5, 5.41) is 0. The molecule has 0 bridgehead atoms. The Labute approximate surface area is 102 Å². The fraction of sp³-hybridized carbons (Fsp3) is 0.857. The monoisotopic (exact) mass is 236 g/mol. The van der Waals surface area contributed by atoms with Crippen molar-refractivity contribution < 1.29 is 14.3 Å². The SMILES string of the molecule is CCOC(=O)[C@]12C[C@@]1(CC)C(=O)[C@H]1CCC[C@H]12. The Morgan fingerprint density at radius 1 is 1.41 bits per heavy atom. The molecule has 3 heteroatoms. The number of hydrogen-bond acceptors (Lipinski definition) is 3. The Morgan fingerprint density at radius 3 is 2.82 bits per heavy atom. The second kappa shape index (κ2) is 3.33. The van der Waals surface area contributed by atoms with Crippen LogP contribution in [0.5, 0.6) is 0 Å². The van der Waals surface area contributed by atoms with Crippen LogP contribution in [0.3, 0.4) is 0 Å². The van der Waals surface area contributed by atoms with Crippen LogP contribution in [0.2, 0.25) is 0 Å². The Hall–Kier alpha value is -0.860. The summed E-state index contributed by atoms with van der Waals surface area (Å²) in [5.74, 6) is 0.724. The molecule has 0 amide bonds. The van der Waals surface area contributed by atoms with Crippen molar-refractivity contribution in [2.24, 2.45) is 22.7 Å². The number of ether oxygens (including phenoxy) is 1. The highest BCUT2D eigenvalue weighted by Crippen LogP contribution is 2.79. The molecule has 17 heavy (non-hydrogen) atoms. The number of carbonyl (C=O) groups is 2. The van der Waals surface area contributed by atoms with Gasteiger partial charge in [0.05, 0.1) is 12.0 Å². The zero-order valence-corrected chi connectivity index (χ0v) is 10.6. The zero-order chi connectivity index (χ0) is 12.3. The summed E-state index contributed by atoms with van der Waals surface area (Å²) in [4.78, 5) is 24.8. The van der Waals surface area contributed by atoms with Gasteiger partial charge in [-0.1, -0.05) is 13.3 Å². The summed E-state index contributed by atoms with van der Waals surface area (Å²) in [6.07, 6.45) is 4.69. The molecular formula is C14H20O3. The van der Waals surface area contributed by atoms with E-state index in [1.165, 1.54) is 0 Å². The van der Waals surface area contributed by atoms with Crippen molar-refractivity contribution in [3.8, 4) is 0 Å². The molecule has 0 saturated heterocycles. The average Bonchev–Trinajstić information content (AvgIpc) is 2.69. The minimum absolute atomic E-state index is 0.0930. The molecule has 0 heterocycles. The van der Waals surface area contributed by atoms with Crippen molar-refractivity contribution >= 4 is 11.8 Å². The molecule has 0 spiro atoms. The summed E-state index contributed by atoms with van der Waals surface area (Å²) >= 11 is 0. The Balaban J connectivity index is 1.99. The van der Waals surface area contributed by atoms with E-state index in [4.69, 9.17) is 4.74 Å². The van der Waals surface area contributed by atoms with E-state index in [2.05, 4.69) is 0 Å². The Morgan fingerprint density at radius 2 is 2.18 bits per heavy atom. The number of carbonyl (C=O) groups excluding carboxylic acids is 2. The quantitative estimate of drug-likeness (QED) is 0.706. The second-order valence-electron chi connectivity index (χ2n) is 5.81. The first-order valence-corrected chi connectivity index (χ1v) is 6.85. The van der Waals surface area contributed by atoms with Gasteiger partial charge in [-0.15, -0.1) is 0 Å². The fourth-order valence-electron chi connectivity index (χ4n) is 4.74. The molecule has 0 N–H and O–H groups in total. The first kappa shape index (κ1) is 11.2. The number of rotatable bonds is 3. The lowest BCUT2D eigenvalue weighted by molar-refractivity contribution is -0.153. The average molecular weight is 236 g/mol. The third-order valence-corrected chi connectivity index (χ3v) is 5.51. The van der Waals surface area contributed by atoms with E-state index in [0.29, 0.717) is 12.4 Å². The molecule has 0 unspecified atom stereocenters. The molecule has 3 rings (SSSR count). The molecule has 3 nitrogen and oxygen atoms in total. The van der Waals surface area contributed by atoms with Crippen molar-refractivity contribution in [2.45, 2.75) is 46.0 Å². The molecule has 94 valence electrons. The Kier molecular flexibility index (Phi) is 2.20. The molecule has 4 atom stereocenters. The number of Topliss-reactive ketones (excluding diaryl/α,β-unsaturated/α-hetero) is 1. The van der Waals surface area contributed by atoms with Crippen molar-refractivity contribution in [3.63, 3.8) is 0 Å². The summed E-state index contributed by atoms with van der Waals surface area (Å²) in [6.45, 7) is 4.30. The topological polar surface area (TPSA) is 43.4 Å². The molecule has 3 fully saturated rings. The molecule has 0 radical (unpaired) electrons. The number of fused-ring (bicyclic) bond motifs is 3. The number of hydrogen-bond donors (Lipinski definition) is 0. The highest BCUT2D eigenvalue weighted by Gasteiger charge is 2.84. The van der Waals surface area contributed by atoms with E-state index >= 15 is 0 Å². The number of ketones is 1. The van der Waals surface area contributed by atoms with Gasteiger partial charge in [0.1, 0.15) is 5.78 Å². The van der Waals surface area contributed by atoms with Crippen LogP contribution in [-0.2, 0) is 14.3 Å². The van der Waals surface area contributed by atoms with Gasteiger partial charge in [0, 0.05) is 11.3 Å². The predicted molar refractivity (Wildman–Crippen MR) is 62.2 cm³/mol. The van der Waals surface area contributed by atoms with Crippen LogP contribution in [0, 0.1) is 22.7 Å². The van der Waals surface area contributed by atoms with Gasteiger partial charge in [0.15, 0.2) is 0 Å². The standard InChI is InChI=1S/C14H20O3/c1-3-13-8-14(13,12(16)17-4-2)10-7-5-6-9(10)11(13)15/h9-10H,3-8H2,1-2H3/t9-,10+,13-,14+/m0/s1. The van der Waals surface area contributed by atoms with Gasteiger partial charge >= 0.3 is 5.97 Å². The van der Waals surface area contributed by atoms with Crippen molar-refractivity contribution in [1.82, 2.24) is 0 Å². The molecule has 0 aromatic rings. The van der Waals surface area contributed by atoms with Crippen molar-refractivity contribution in [2.75, 3.05) is 6.61 Å². The van der Waals surface area contributed by atoms with Gasteiger partial charge < -0.3 is 4.74 Å². The second-order valence-corrected chi connectivity index (χ2v) is 5.81. The summed E-state index contributed by atoms with van der Waals surface area (Å²) in [5.41, 5.74) is -0.759. The summed E-state index contributed by atoms with van der Waals surface area (Å²) in [7, 11) is 0. The molecule has 3 saturated carbocycles. The van der Waals surface area contributed by atoms with Gasteiger partial charge in [-0.3, -0.25) is 9.59 Å². The van der Waals surface area contributed by atoms with Crippen molar-refractivity contribution in [3.05, 3.63) is 0 Å². The molecule has 3 aliphatic rings. The van der Waals surface area contributed by atoms with Gasteiger partial charge in [0.2, 0.25) is 0 Å². The fourth-order valence-corrected chi connectivity index (χ4v) is 4.74. The molecular weight excluding hydrogens is 216 g/mol. The van der Waals surface area contributed by atoms with Gasteiger partial charge in [-0.2, -0.15) is 0 Å². The zero-order valence-electron chi connectivity index (χ0n) is 10.6. The normalized spacial score (nSPS) is 46.6. The van der Waals surface area contributed by atoms with Crippen molar-refractivity contribution in [1.29, 1.82) is 0 Å². The maximum Gasteiger partial charge on any atom is 0.313 e. The maximum absolute atomic E-state index is 12.5. The van der Waals surface area contributed by atoms with E-state index in [1.54, 1.807) is 0 Å². The lowest BCUT2D eigenvalue weighted by Gasteiger charge is -2.20. The predicted octanol–water partition coefficient (Wildman–Crippen LogP) is 2.33. The van der Waals surface area contributed by atoms with Crippen LogP contribution in [0.25, 0.3) is 0 Å². The van der Waals surface area contributed by atoms with E-state index in [0.717, 1.165) is 32.1 Å². The van der Waals surface area contributed by atoms with Crippen LogP contribution in [0.4, 0.5) is 0 Å². The van der Waals surface area contributed by atoms with Crippen LogP contribution in [0.1, 0.15) is 46.0 Å². The Bertz CT molecular complexity index is 389. The smallest absolute Gasteiger partial charge is 0.313 e. The van der Waals surface area contributed by atoms with Gasteiger partial charge in [-0.05, 0) is 38.5 Å². The lowest BCUT2D eigenvalue weighted by atomic mass is 9.85. The largest absolute Gasteiger partial charge is 0.466 e. The first-order chi connectivity index (χ1) is 8.14. The van der Waals surface area contributed by atoms with Crippen LogP contribution in [-0.4, -0.2) is 18.4 Å². The van der Waals surface area contributed by atoms with Gasteiger partial charge in [-0.25, -0.2) is 0 Å². The summed E-state index contributed by atoms with van der Waals surface area (Å²) < 4.78 is 5.26. The van der Waals surface area contributed by atoms with Gasteiger partial charge in [0.25, 0.3) is 0 Å². The highest BCUT2D eigenvalue weighted by molar-refractivity contribution is 6.04. The lowest BCUT2D eigenvalue weighted by Crippen LogP contribution is -2.29.